The Bertz CT molecular complexity index is 1190. The fourth-order valence-corrected chi connectivity index (χ4v) is 3.21. The number of hydrazone groups is 1. The SMILES string of the molecule is CCCOc1ccc(-c2cc(C(=O)N/N=C/c3c(C)[nH]c4ccccc34)[nH]n2)cc1. The van der Waals surface area contributed by atoms with Crippen LogP contribution in [0.1, 0.15) is 35.1 Å². The summed E-state index contributed by atoms with van der Waals surface area (Å²) in [6.07, 6.45) is 2.61. The molecule has 1 amide bonds. The maximum absolute atomic E-state index is 12.4. The maximum Gasteiger partial charge on any atom is 0.289 e. The number of fused-ring (bicyclic) bond motifs is 1. The van der Waals surface area contributed by atoms with Gasteiger partial charge in [0.1, 0.15) is 11.4 Å². The van der Waals surface area contributed by atoms with Crippen LogP contribution >= 0.6 is 0 Å². The lowest BCUT2D eigenvalue weighted by Gasteiger charge is -2.04. The molecule has 0 saturated carbocycles. The van der Waals surface area contributed by atoms with Crippen molar-refractivity contribution in [2.24, 2.45) is 5.10 Å². The molecule has 3 N–H and O–H groups in total. The van der Waals surface area contributed by atoms with Gasteiger partial charge in [0.15, 0.2) is 0 Å². The summed E-state index contributed by atoms with van der Waals surface area (Å²) in [6.45, 7) is 4.73. The van der Waals surface area contributed by atoms with Gasteiger partial charge in [-0.25, -0.2) is 5.43 Å². The Morgan fingerprint density at radius 1 is 1.20 bits per heavy atom. The summed E-state index contributed by atoms with van der Waals surface area (Å²) in [5, 5.41) is 12.2. The number of carbonyl (C=O) groups excluding carboxylic acids is 1. The van der Waals surface area contributed by atoms with Gasteiger partial charge in [0.2, 0.25) is 0 Å². The number of aromatic nitrogens is 3. The third kappa shape index (κ3) is 4.10. The molecule has 0 atom stereocenters. The molecule has 4 aromatic rings. The fourth-order valence-electron chi connectivity index (χ4n) is 3.21. The van der Waals surface area contributed by atoms with Crippen LogP contribution in [0.2, 0.25) is 0 Å². The monoisotopic (exact) mass is 401 g/mol. The molecule has 2 aromatic carbocycles. The first-order valence-electron chi connectivity index (χ1n) is 9.85. The minimum absolute atomic E-state index is 0.337. The molecular weight excluding hydrogens is 378 g/mol. The van der Waals surface area contributed by atoms with E-state index in [1.807, 2.05) is 55.5 Å². The number of nitrogens with one attached hydrogen (secondary N) is 3. The van der Waals surface area contributed by atoms with Crippen LogP contribution < -0.4 is 10.2 Å². The second-order valence-corrected chi connectivity index (χ2v) is 6.95. The van der Waals surface area contributed by atoms with Crippen molar-refractivity contribution >= 4 is 23.0 Å². The summed E-state index contributed by atoms with van der Waals surface area (Å²) in [5.74, 6) is 0.460. The zero-order chi connectivity index (χ0) is 20.9. The van der Waals surface area contributed by atoms with E-state index in [1.165, 1.54) is 0 Å². The number of hydrogen-bond donors (Lipinski definition) is 3. The predicted molar refractivity (Wildman–Crippen MR) is 118 cm³/mol. The lowest BCUT2D eigenvalue weighted by Crippen LogP contribution is -2.18. The summed E-state index contributed by atoms with van der Waals surface area (Å²) in [4.78, 5) is 15.7. The standard InChI is InChI=1S/C23H23N5O2/c1-3-12-30-17-10-8-16(9-11-17)21-13-22(27-26-21)23(29)28-24-14-19-15(2)25-20-7-5-4-6-18(19)20/h4-11,13-14,25H,3,12H2,1-2H3,(H,26,27)(H,28,29)/b24-14+. The number of para-hydroxylation sites is 1. The zero-order valence-corrected chi connectivity index (χ0v) is 16.9. The van der Waals surface area contributed by atoms with E-state index >= 15 is 0 Å². The van der Waals surface area contributed by atoms with Crippen LogP contribution in [0.25, 0.3) is 22.2 Å². The Morgan fingerprint density at radius 3 is 2.80 bits per heavy atom. The second kappa shape index (κ2) is 8.65. The van der Waals surface area contributed by atoms with E-state index in [-0.39, 0.29) is 5.91 Å². The Labute approximate surface area is 174 Å². The first kappa shape index (κ1) is 19.4. The quantitative estimate of drug-likeness (QED) is 0.316. The maximum atomic E-state index is 12.4. The zero-order valence-electron chi connectivity index (χ0n) is 16.9. The topological polar surface area (TPSA) is 95.2 Å². The van der Waals surface area contributed by atoms with Gasteiger partial charge < -0.3 is 9.72 Å². The Hall–Kier alpha value is -3.87. The summed E-state index contributed by atoms with van der Waals surface area (Å²) in [6, 6.07) is 17.3. The highest BCUT2D eigenvalue weighted by Gasteiger charge is 2.11. The summed E-state index contributed by atoms with van der Waals surface area (Å²) in [5.41, 5.74) is 7.43. The van der Waals surface area contributed by atoms with Gasteiger partial charge in [-0.2, -0.15) is 10.2 Å². The summed E-state index contributed by atoms with van der Waals surface area (Å²) < 4.78 is 5.59. The normalized spacial score (nSPS) is 11.3. The van der Waals surface area contributed by atoms with Crippen molar-refractivity contribution in [2.45, 2.75) is 20.3 Å². The number of benzene rings is 2. The van der Waals surface area contributed by atoms with Gasteiger partial charge in [-0.15, -0.1) is 0 Å². The van der Waals surface area contributed by atoms with Crippen molar-refractivity contribution in [2.75, 3.05) is 6.61 Å². The molecule has 4 rings (SSSR count). The van der Waals surface area contributed by atoms with E-state index in [0.717, 1.165) is 39.9 Å². The molecule has 0 aliphatic carbocycles. The van der Waals surface area contributed by atoms with Gasteiger partial charge in [-0.05, 0) is 49.7 Å². The highest BCUT2D eigenvalue weighted by atomic mass is 16.5. The first-order valence-corrected chi connectivity index (χ1v) is 9.85. The Morgan fingerprint density at radius 2 is 2.00 bits per heavy atom. The van der Waals surface area contributed by atoms with E-state index < -0.39 is 0 Å². The van der Waals surface area contributed by atoms with Crippen LogP contribution in [0, 0.1) is 6.92 Å². The lowest BCUT2D eigenvalue weighted by atomic mass is 10.1. The molecule has 0 fully saturated rings. The molecule has 152 valence electrons. The summed E-state index contributed by atoms with van der Waals surface area (Å²) >= 11 is 0. The molecule has 0 bridgehead atoms. The minimum atomic E-state index is -0.356. The molecule has 0 spiro atoms. The van der Waals surface area contributed by atoms with Crippen molar-refractivity contribution in [3.05, 3.63) is 71.5 Å². The number of nitrogens with zero attached hydrogens (tertiary/aromatic N) is 2. The van der Waals surface area contributed by atoms with E-state index in [0.29, 0.717) is 18.0 Å². The first-order chi connectivity index (χ1) is 14.7. The average molecular weight is 401 g/mol. The molecule has 0 unspecified atom stereocenters. The smallest absolute Gasteiger partial charge is 0.289 e. The van der Waals surface area contributed by atoms with Crippen molar-refractivity contribution in [1.82, 2.24) is 20.6 Å². The Balaban J connectivity index is 1.43. The third-order valence-corrected chi connectivity index (χ3v) is 4.75. The number of hydrogen-bond acceptors (Lipinski definition) is 4. The van der Waals surface area contributed by atoms with E-state index in [1.54, 1.807) is 12.3 Å². The molecule has 7 heteroatoms. The van der Waals surface area contributed by atoms with E-state index in [9.17, 15) is 4.79 Å². The fraction of sp³-hybridized carbons (Fsp3) is 0.174. The molecule has 0 radical (unpaired) electrons. The Kier molecular flexibility index (Phi) is 5.61. The highest BCUT2D eigenvalue weighted by Crippen LogP contribution is 2.22. The van der Waals surface area contributed by atoms with Crippen molar-refractivity contribution < 1.29 is 9.53 Å². The number of H-pyrrole nitrogens is 2. The van der Waals surface area contributed by atoms with Crippen LogP contribution in [0.4, 0.5) is 0 Å². The molecule has 0 aliphatic rings. The van der Waals surface area contributed by atoms with Crippen LogP contribution in [0.3, 0.4) is 0 Å². The summed E-state index contributed by atoms with van der Waals surface area (Å²) in [7, 11) is 0. The molecular formula is C23H23N5O2. The van der Waals surface area contributed by atoms with Gasteiger partial charge in [-0.1, -0.05) is 25.1 Å². The number of carbonyl (C=O) groups is 1. The minimum Gasteiger partial charge on any atom is -0.494 e. The number of ether oxygens (including phenoxy) is 1. The molecule has 30 heavy (non-hydrogen) atoms. The van der Waals surface area contributed by atoms with Gasteiger partial charge >= 0.3 is 0 Å². The van der Waals surface area contributed by atoms with E-state index in [4.69, 9.17) is 4.74 Å². The van der Waals surface area contributed by atoms with Gasteiger partial charge in [0.05, 0.1) is 18.5 Å². The molecule has 2 aromatic heterocycles. The predicted octanol–water partition coefficient (Wildman–Crippen LogP) is 4.42. The number of rotatable bonds is 7. The van der Waals surface area contributed by atoms with Crippen LogP contribution in [0.15, 0.2) is 59.7 Å². The van der Waals surface area contributed by atoms with Crippen LogP contribution in [0.5, 0.6) is 5.75 Å². The third-order valence-electron chi connectivity index (χ3n) is 4.75. The molecule has 0 aliphatic heterocycles. The average Bonchev–Trinajstić information content (AvgIpc) is 3.38. The van der Waals surface area contributed by atoms with Crippen molar-refractivity contribution in [3.63, 3.8) is 0 Å². The van der Waals surface area contributed by atoms with Crippen LogP contribution in [-0.4, -0.2) is 33.9 Å². The van der Waals surface area contributed by atoms with E-state index in [2.05, 4.69) is 32.6 Å². The van der Waals surface area contributed by atoms with Crippen LogP contribution in [-0.2, 0) is 0 Å². The second-order valence-electron chi connectivity index (χ2n) is 6.95. The molecule has 0 saturated heterocycles. The van der Waals surface area contributed by atoms with Crippen molar-refractivity contribution in [1.29, 1.82) is 0 Å². The number of amides is 1. The molecule has 2 heterocycles. The van der Waals surface area contributed by atoms with Gasteiger partial charge in [0, 0.05) is 27.7 Å². The highest BCUT2D eigenvalue weighted by molar-refractivity contribution is 6.01. The van der Waals surface area contributed by atoms with Gasteiger partial charge in [0.25, 0.3) is 5.91 Å². The lowest BCUT2D eigenvalue weighted by molar-refractivity contribution is 0.0950. The van der Waals surface area contributed by atoms with Gasteiger partial charge in [-0.3, -0.25) is 9.89 Å². The largest absolute Gasteiger partial charge is 0.494 e. The molecule has 7 nitrogen and oxygen atoms in total. The number of aryl methyl sites for hydroxylation is 1. The number of aromatic amines is 2. The van der Waals surface area contributed by atoms with Crippen molar-refractivity contribution in [3.8, 4) is 17.0 Å².